The number of aromatic hydroxyl groups is 1. The molecule has 0 aliphatic heterocycles. The Bertz CT molecular complexity index is 380. The second kappa shape index (κ2) is 7.11. The molecule has 1 aromatic carbocycles. The maximum atomic E-state index is 10.5. The van der Waals surface area contributed by atoms with Crippen molar-refractivity contribution in [2.45, 2.75) is 0 Å². The van der Waals surface area contributed by atoms with Crippen LogP contribution in [0.3, 0.4) is 0 Å². The third kappa shape index (κ3) is 4.22. The van der Waals surface area contributed by atoms with Gasteiger partial charge in [0.15, 0.2) is 13.1 Å². The van der Waals surface area contributed by atoms with Crippen molar-refractivity contribution >= 4 is 17.9 Å². The van der Waals surface area contributed by atoms with Gasteiger partial charge in [0.05, 0.1) is 23.8 Å². The number of carbonyl (C=O) groups excluding carboxylic acids is 1. The molecule has 0 radical (unpaired) electrons. The van der Waals surface area contributed by atoms with Gasteiger partial charge in [-0.25, -0.2) is 0 Å². The van der Waals surface area contributed by atoms with Gasteiger partial charge in [-0.1, -0.05) is 11.6 Å². The van der Waals surface area contributed by atoms with Gasteiger partial charge in [0.25, 0.3) is 0 Å². The number of benzene rings is 1. The Morgan fingerprint density at radius 2 is 2.18 bits per heavy atom. The van der Waals surface area contributed by atoms with Crippen LogP contribution in [0, 0.1) is 0 Å². The normalized spacial score (nSPS) is 10.2. The van der Waals surface area contributed by atoms with Gasteiger partial charge in [0, 0.05) is 13.2 Å². The van der Waals surface area contributed by atoms with Crippen LogP contribution in [0.2, 0.25) is 5.02 Å². The van der Waals surface area contributed by atoms with Crippen LogP contribution in [-0.4, -0.2) is 38.5 Å². The smallest absolute Gasteiger partial charge is 0.189 e. The second-order valence-electron chi connectivity index (χ2n) is 3.12. The van der Waals surface area contributed by atoms with E-state index in [2.05, 4.69) is 0 Å². The summed E-state index contributed by atoms with van der Waals surface area (Å²) in [4.78, 5) is 10.5. The minimum absolute atomic E-state index is 0.0110. The molecule has 1 aromatic rings. The molecule has 1 N–H and O–H groups in total. The molecule has 94 valence electrons. The zero-order valence-corrected chi connectivity index (χ0v) is 10.1. The number of phenols is 1. The largest absolute Gasteiger partial charge is 0.507 e. The first-order chi connectivity index (χ1) is 8.19. The quantitative estimate of drug-likeness (QED) is 0.460. The van der Waals surface area contributed by atoms with Gasteiger partial charge >= 0.3 is 0 Å². The van der Waals surface area contributed by atoms with E-state index in [4.69, 9.17) is 25.8 Å². The molecular formula is C11H13ClO5. The van der Waals surface area contributed by atoms with Crippen molar-refractivity contribution < 1.29 is 24.1 Å². The number of hydrogen-bond donors (Lipinski definition) is 1. The van der Waals surface area contributed by atoms with Gasteiger partial charge in [0.2, 0.25) is 0 Å². The molecule has 5 nitrogen and oxygen atoms in total. The van der Waals surface area contributed by atoms with Crippen molar-refractivity contribution in [1.29, 1.82) is 0 Å². The first kappa shape index (κ1) is 13.8. The highest BCUT2D eigenvalue weighted by Crippen LogP contribution is 2.31. The molecule has 0 amide bonds. The molecule has 0 saturated carbocycles. The fourth-order valence-electron chi connectivity index (χ4n) is 1.07. The van der Waals surface area contributed by atoms with E-state index in [9.17, 15) is 9.90 Å². The molecule has 0 bridgehead atoms. The van der Waals surface area contributed by atoms with E-state index in [0.717, 1.165) is 0 Å². The van der Waals surface area contributed by atoms with Crippen molar-refractivity contribution in [3.05, 3.63) is 22.7 Å². The van der Waals surface area contributed by atoms with Crippen molar-refractivity contribution in [2.75, 3.05) is 27.1 Å². The fraction of sp³-hybridized carbons (Fsp3) is 0.364. The minimum atomic E-state index is -0.184. The summed E-state index contributed by atoms with van der Waals surface area (Å²) >= 11 is 5.84. The van der Waals surface area contributed by atoms with Crippen LogP contribution >= 0.6 is 11.6 Å². The average Bonchev–Trinajstić information content (AvgIpc) is 2.32. The van der Waals surface area contributed by atoms with E-state index in [1.807, 2.05) is 0 Å². The zero-order chi connectivity index (χ0) is 12.7. The Hall–Kier alpha value is -1.30. The van der Waals surface area contributed by atoms with Crippen LogP contribution in [0.4, 0.5) is 0 Å². The topological polar surface area (TPSA) is 65.0 Å². The summed E-state index contributed by atoms with van der Waals surface area (Å²) in [7, 11) is 1.57. The van der Waals surface area contributed by atoms with Gasteiger partial charge in [-0.05, 0) is 6.07 Å². The molecule has 1 rings (SSSR count). The Labute approximate surface area is 104 Å². The first-order valence-electron chi connectivity index (χ1n) is 4.86. The average molecular weight is 261 g/mol. The number of phenolic OH excluding ortho intramolecular Hbond substituents is 1. The lowest BCUT2D eigenvalue weighted by atomic mass is 10.2. The predicted octanol–water partition coefficient (Wildman–Crippen LogP) is 1.86. The number of carbonyl (C=O) groups is 1. The van der Waals surface area contributed by atoms with Crippen LogP contribution < -0.4 is 4.74 Å². The first-order valence-corrected chi connectivity index (χ1v) is 5.24. The zero-order valence-electron chi connectivity index (χ0n) is 9.31. The molecule has 0 unspecified atom stereocenters. The summed E-state index contributed by atoms with van der Waals surface area (Å²) in [6.45, 7) is 0.849. The summed E-state index contributed by atoms with van der Waals surface area (Å²) in [5, 5.41) is 9.66. The molecule has 0 atom stereocenters. The lowest BCUT2D eigenvalue weighted by molar-refractivity contribution is -0.00849. The fourth-order valence-corrected chi connectivity index (χ4v) is 1.30. The van der Waals surface area contributed by atoms with E-state index < -0.39 is 0 Å². The van der Waals surface area contributed by atoms with Gasteiger partial charge in [-0.15, -0.1) is 0 Å². The van der Waals surface area contributed by atoms with E-state index >= 15 is 0 Å². The summed E-state index contributed by atoms with van der Waals surface area (Å²) in [6, 6.07) is 2.60. The van der Waals surface area contributed by atoms with E-state index in [0.29, 0.717) is 19.5 Å². The minimum Gasteiger partial charge on any atom is -0.507 e. The SMILES string of the molecule is COCCOCOc1cc(O)c(C=O)cc1Cl. The van der Waals surface area contributed by atoms with Crippen LogP contribution in [-0.2, 0) is 9.47 Å². The lowest BCUT2D eigenvalue weighted by Gasteiger charge is -2.09. The number of methoxy groups -OCH3 is 1. The van der Waals surface area contributed by atoms with Crippen LogP contribution in [0.25, 0.3) is 0 Å². The molecule has 0 saturated heterocycles. The van der Waals surface area contributed by atoms with Crippen molar-refractivity contribution in [3.8, 4) is 11.5 Å². The van der Waals surface area contributed by atoms with Crippen LogP contribution in [0.5, 0.6) is 11.5 Å². The molecule has 0 spiro atoms. The van der Waals surface area contributed by atoms with Crippen molar-refractivity contribution in [3.63, 3.8) is 0 Å². The molecule has 0 heterocycles. The third-order valence-electron chi connectivity index (χ3n) is 1.94. The summed E-state index contributed by atoms with van der Waals surface area (Å²) in [5.41, 5.74) is 0.114. The highest BCUT2D eigenvalue weighted by Gasteiger charge is 2.08. The molecule has 17 heavy (non-hydrogen) atoms. The Kier molecular flexibility index (Phi) is 5.76. The molecule has 0 aliphatic carbocycles. The lowest BCUT2D eigenvalue weighted by Crippen LogP contribution is -2.08. The number of ether oxygens (including phenoxy) is 3. The maximum absolute atomic E-state index is 10.5. The Balaban J connectivity index is 2.53. The second-order valence-corrected chi connectivity index (χ2v) is 3.53. The van der Waals surface area contributed by atoms with Crippen LogP contribution in [0.15, 0.2) is 12.1 Å². The summed E-state index contributed by atoms with van der Waals surface area (Å²) in [6.07, 6.45) is 0.514. The molecular weight excluding hydrogens is 248 g/mol. The third-order valence-corrected chi connectivity index (χ3v) is 2.23. The molecule has 0 aromatic heterocycles. The van der Waals surface area contributed by atoms with Gasteiger partial charge in [-0.2, -0.15) is 0 Å². The summed E-state index contributed by atoms with van der Waals surface area (Å²) in [5.74, 6) is 0.0727. The number of hydrogen-bond acceptors (Lipinski definition) is 5. The Morgan fingerprint density at radius 1 is 1.41 bits per heavy atom. The summed E-state index contributed by atoms with van der Waals surface area (Å²) < 4.78 is 15.0. The molecule has 6 heteroatoms. The standard InChI is InChI=1S/C11H13ClO5/c1-15-2-3-16-7-17-11-5-10(14)8(6-13)4-9(11)12/h4-6,14H,2-3,7H2,1H3. The molecule has 0 fully saturated rings. The van der Waals surface area contributed by atoms with Gasteiger partial charge < -0.3 is 19.3 Å². The van der Waals surface area contributed by atoms with Crippen LogP contribution in [0.1, 0.15) is 10.4 Å². The van der Waals surface area contributed by atoms with Crippen molar-refractivity contribution in [1.82, 2.24) is 0 Å². The number of rotatable bonds is 7. The highest BCUT2D eigenvalue weighted by atomic mass is 35.5. The maximum Gasteiger partial charge on any atom is 0.189 e. The predicted molar refractivity (Wildman–Crippen MR) is 61.8 cm³/mol. The monoisotopic (exact) mass is 260 g/mol. The van der Waals surface area contributed by atoms with E-state index in [1.54, 1.807) is 7.11 Å². The number of aldehydes is 1. The van der Waals surface area contributed by atoms with Crippen molar-refractivity contribution in [2.24, 2.45) is 0 Å². The van der Waals surface area contributed by atoms with E-state index in [1.165, 1.54) is 12.1 Å². The van der Waals surface area contributed by atoms with Gasteiger partial charge in [0.1, 0.15) is 11.5 Å². The number of halogens is 1. The van der Waals surface area contributed by atoms with Gasteiger partial charge in [-0.3, -0.25) is 4.79 Å². The Morgan fingerprint density at radius 3 is 2.82 bits per heavy atom. The molecule has 0 aliphatic rings. The van der Waals surface area contributed by atoms with E-state index in [-0.39, 0.29) is 28.9 Å². The highest BCUT2D eigenvalue weighted by molar-refractivity contribution is 6.32.